The number of rotatable bonds is 61. The summed E-state index contributed by atoms with van der Waals surface area (Å²) < 4.78 is 17.0. The lowest BCUT2D eigenvalue weighted by molar-refractivity contribution is -0.167. The molecule has 1 atom stereocenters. The molecule has 0 aromatic carbocycles. The number of carbonyl (C=O) groups is 3. The van der Waals surface area contributed by atoms with Gasteiger partial charge < -0.3 is 14.2 Å². The van der Waals surface area contributed by atoms with E-state index in [2.05, 4.69) is 118 Å². The number of allylic oxidation sites excluding steroid dienone is 16. The van der Waals surface area contributed by atoms with Gasteiger partial charge in [0.1, 0.15) is 13.2 Å². The molecule has 0 bridgehead atoms. The maximum absolute atomic E-state index is 13.0. The smallest absolute Gasteiger partial charge is 0.306 e. The fraction of sp³-hybridized carbons (Fsp3) is 0.740. The first kappa shape index (κ1) is 75.3. The molecule has 6 heteroatoms. The number of unbranched alkanes of at least 4 members (excludes halogenated alkanes) is 34. The van der Waals surface area contributed by atoms with E-state index in [0.717, 1.165) is 122 Å². The van der Waals surface area contributed by atoms with Crippen molar-refractivity contribution in [2.45, 2.75) is 335 Å². The monoisotopic (exact) mass is 1100 g/mol. The topological polar surface area (TPSA) is 78.9 Å². The van der Waals surface area contributed by atoms with Crippen molar-refractivity contribution in [2.24, 2.45) is 0 Å². The number of hydrogen-bond donors (Lipinski definition) is 0. The van der Waals surface area contributed by atoms with Crippen molar-refractivity contribution in [1.29, 1.82) is 0 Å². The maximum atomic E-state index is 13.0. The van der Waals surface area contributed by atoms with E-state index in [4.69, 9.17) is 14.2 Å². The molecular formula is C73H126O6. The summed E-state index contributed by atoms with van der Waals surface area (Å²) in [6.07, 6.45) is 89.8. The molecule has 0 amide bonds. The summed E-state index contributed by atoms with van der Waals surface area (Å²) in [7, 11) is 0. The van der Waals surface area contributed by atoms with Gasteiger partial charge in [0.25, 0.3) is 0 Å². The van der Waals surface area contributed by atoms with E-state index < -0.39 is 6.10 Å². The first-order chi connectivity index (χ1) is 39.0. The highest BCUT2D eigenvalue weighted by Gasteiger charge is 2.19. The van der Waals surface area contributed by atoms with Crippen molar-refractivity contribution < 1.29 is 28.6 Å². The lowest BCUT2D eigenvalue weighted by atomic mass is 10.0. The average Bonchev–Trinajstić information content (AvgIpc) is 3.45. The van der Waals surface area contributed by atoms with Gasteiger partial charge in [0.05, 0.1) is 0 Å². The molecule has 0 rings (SSSR count). The van der Waals surface area contributed by atoms with E-state index in [1.165, 1.54) is 167 Å². The van der Waals surface area contributed by atoms with Gasteiger partial charge >= 0.3 is 17.9 Å². The Bertz CT molecular complexity index is 1540. The Labute approximate surface area is 489 Å². The molecule has 454 valence electrons. The maximum Gasteiger partial charge on any atom is 0.306 e. The van der Waals surface area contributed by atoms with Gasteiger partial charge in [0.2, 0.25) is 0 Å². The van der Waals surface area contributed by atoms with Crippen molar-refractivity contribution in [3.8, 4) is 0 Å². The molecule has 0 aliphatic heterocycles. The number of ether oxygens (including phenoxy) is 3. The van der Waals surface area contributed by atoms with Crippen LogP contribution < -0.4 is 0 Å². The Morgan fingerprint density at radius 3 is 0.797 bits per heavy atom. The van der Waals surface area contributed by atoms with Crippen molar-refractivity contribution in [2.75, 3.05) is 13.2 Å². The molecule has 79 heavy (non-hydrogen) atoms. The number of carbonyl (C=O) groups excluding carboxylic acids is 3. The predicted octanol–water partition coefficient (Wildman–Crippen LogP) is 23.2. The second kappa shape index (κ2) is 66.8. The third-order valence-electron chi connectivity index (χ3n) is 14.6. The minimum atomic E-state index is -0.793. The molecule has 0 saturated carbocycles. The van der Waals surface area contributed by atoms with E-state index in [9.17, 15) is 14.4 Å². The predicted molar refractivity (Wildman–Crippen MR) is 344 cm³/mol. The zero-order valence-corrected chi connectivity index (χ0v) is 52.1. The van der Waals surface area contributed by atoms with Crippen LogP contribution in [0.4, 0.5) is 0 Å². The molecule has 1 unspecified atom stereocenters. The summed E-state index contributed by atoms with van der Waals surface area (Å²) in [6, 6.07) is 0. The molecule has 0 aromatic heterocycles. The quantitative estimate of drug-likeness (QED) is 0.0261. The van der Waals surface area contributed by atoms with E-state index in [0.29, 0.717) is 19.3 Å². The SMILES string of the molecule is CC/C=C\C/C=C\C/C=C\C/C=C\C/C=C\C/C=C\CCCCCCC(=O)OCC(COC(=O)CCCCCCCCC/C=C\C/C=C\CCCCC)OC(=O)CCCCCCCCCCCCCCCCCCCCCCC. The summed E-state index contributed by atoms with van der Waals surface area (Å²) in [5.41, 5.74) is 0. The molecule has 0 saturated heterocycles. The summed E-state index contributed by atoms with van der Waals surface area (Å²) in [6.45, 7) is 6.52. The minimum absolute atomic E-state index is 0.0878. The fourth-order valence-corrected chi connectivity index (χ4v) is 9.54. The van der Waals surface area contributed by atoms with Gasteiger partial charge in [-0.15, -0.1) is 0 Å². The fourth-order valence-electron chi connectivity index (χ4n) is 9.54. The first-order valence-corrected chi connectivity index (χ1v) is 33.7. The summed E-state index contributed by atoms with van der Waals surface area (Å²) in [5.74, 6) is -0.905. The standard InChI is InChI=1S/C73H126O6/c1-4-7-10-13-16-19-22-25-28-31-33-35-36-38-39-42-45-48-51-54-57-60-63-66-72(75)78-69-70(68-77-71(74)65-62-59-56-53-50-47-44-41-30-27-24-21-18-15-12-9-6-3)79-73(76)67-64-61-58-55-52-49-46-43-40-37-34-32-29-26-23-20-17-14-11-8-5-2/h7,10,16,18-19,21,25,27-28,30,33,35,38-39,45,48,70H,4-6,8-9,11-15,17,20,22-24,26,29,31-32,34,36-37,40-44,46-47,49-69H2,1-3H3/b10-7-,19-16-,21-18-,28-25-,30-27-,35-33-,39-38-,48-45-. The van der Waals surface area contributed by atoms with Crippen LogP contribution in [0.15, 0.2) is 97.2 Å². The van der Waals surface area contributed by atoms with Crippen LogP contribution in [0.25, 0.3) is 0 Å². The van der Waals surface area contributed by atoms with Gasteiger partial charge in [-0.3, -0.25) is 14.4 Å². The molecule has 0 heterocycles. The molecule has 6 nitrogen and oxygen atoms in total. The molecule has 0 spiro atoms. The van der Waals surface area contributed by atoms with Crippen LogP contribution in [0.5, 0.6) is 0 Å². The van der Waals surface area contributed by atoms with Crippen molar-refractivity contribution in [1.82, 2.24) is 0 Å². The van der Waals surface area contributed by atoms with Gasteiger partial charge in [0, 0.05) is 19.3 Å². The van der Waals surface area contributed by atoms with Gasteiger partial charge in [-0.1, -0.05) is 304 Å². The van der Waals surface area contributed by atoms with Gasteiger partial charge in [-0.25, -0.2) is 0 Å². The Morgan fingerprint density at radius 2 is 0.494 bits per heavy atom. The molecular weight excluding hydrogens is 973 g/mol. The van der Waals surface area contributed by atoms with E-state index in [1.54, 1.807) is 0 Å². The zero-order valence-electron chi connectivity index (χ0n) is 52.1. The first-order valence-electron chi connectivity index (χ1n) is 33.7. The van der Waals surface area contributed by atoms with Crippen molar-refractivity contribution in [3.63, 3.8) is 0 Å². The van der Waals surface area contributed by atoms with Crippen molar-refractivity contribution in [3.05, 3.63) is 97.2 Å². The Balaban J connectivity index is 4.42. The third-order valence-corrected chi connectivity index (χ3v) is 14.6. The van der Waals surface area contributed by atoms with Crippen LogP contribution in [0, 0.1) is 0 Å². The van der Waals surface area contributed by atoms with E-state index in [1.807, 2.05) is 0 Å². The van der Waals surface area contributed by atoms with Crippen LogP contribution in [0.2, 0.25) is 0 Å². The highest BCUT2D eigenvalue weighted by molar-refractivity contribution is 5.71. The number of hydrogen-bond acceptors (Lipinski definition) is 6. The summed E-state index contributed by atoms with van der Waals surface area (Å²) in [4.78, 5) is 38.4. The highest BCUT2D eigenvalue weighted by atomic mass is 16.6. The Morgan fingerprint density at radius 1 is 0.266 bits per heavy atom. The molecule has 0 aliphatic rings. The average molecular weight is 1100 g/mol. The van der Waals surface area contributed by atoms with E-state index in [-0.39, 0.29) is 31.1 Å². The number of esters is 3. The van der Waals surface area contributed by atoms with Crippen molar-refractivity contribution >= 4 is 17.9 Å². The molecule has 0 aromatic rings. The molecule has 0 radical (unpaired) electrons. The van der Waals surface area contributed by atoms with Gasteiger partial charge in [0.15, 0.2) is 6.10 Å². The summed E-state index contributed by atoms with van der Waals surface area (Å²) in [5, 5.41) is 0. The second-order valence-corrected chi connectivity index (χ2v) is 22.4. The third kappa shape index (κ3) is 65.0. The Kier molecular flexibility index (Phi) is 63.7. The molecule has 0 aliphatic carbocycles. The van der Waals surface area contributed by atoms with Crippen LogP contribution in [0.1, 0.15) is 329 Å². The van der Waals surface area contributed by atoms with Crippen LogP contribution in [-0.2, 0) is 28.6 Å². The second-order valence-electron chi connectivity index (χ2n) is 22.4. The zero-order chi connectivity index (χ0) is 57.1. The lowest BCUT2D eigenvalue weighted by Gasteiger charge is -2.18. The molecule has 0 fully saturated rings. The molecule has 0 N–H and O–H groups in total. The van der Waals surface area contributed by atoms with E-state index >= 15 is 0 Å². The van der Waals surface area contributed by atoms with Gasteiger partial charge in [-0.05, 0) is 103 Å². The minimum Gasteiger partial charge on any atom is -0.462 e. The van der Waals surface area contributed by atoms with Crippen LogP contribution in [0.3, 0.4) is 0 Å². The van der Waals surface area contributed by atoms with Crippen LogP contribution in [-0.4, -0.2) is 37.2 Å². The van der Waals surface area contributed by atoms with Gasteiger partial charge in [-0.2, -0.15) is 0 Å². The lowest BCUT2D eigenvalue weighted by Crippen LogP contribution is -2.30. The normalized spacial score (nSPS) is 12.7. The highest BCUT2D eigenvalue weighted by Crippen LogP contribution is 2.17. The summed E-state index contributed by atoms with van der Waals surface area (Å²) >= 11 is 0. The van der Waals surface area contributed by atoms with Crippen LogP contribution >= 0.6 is 0 Å². The largest absolute Gasteiger partial charge is 0.462 e. The Hall–Kier alpha value is -3.67.